The monoisotopic (exact) mass is 216 g/mol. The van der Waals surface area contributed by atoms with Gasteiger partial charge >= 0.3 is 0 Å². The van der Waals surface area contributed by atoms with E-state index in [2.05, 4.69) is 44.2 Å². The Bertz CT molecular complexity index is 346. The van der Waals surface area contributed by atoms with E-state index in [9.17, 15) is 0 Å². The van der Waals surface area contributed by atoms with Crippen LogP contribution in [0.5, 0.6) is 0 Å². The highest BCUT2D eigenvalue weighted by Gasteiger charge is 2.01. The Morgan fingerprint density at radius 1 is 1.19 bits per heavy atom. The van der Waals surface area contributed by atoms with Crippen LogP contribution in [0.25, 0.3) is 0 Å². The topological polar surface area (TPSA) is 27.0 Å². The van der Waals surface area contributed by atoms with Crippen molar-refractivity contribution in [1.29, 1.82) is 5.26 Å². The van der Waals surface area contributed by atoms with Crippen molar-refractivity contribution in [2.75, 3.05) is 13.6 Å². The van der Waals surface area contributed by atoms with E-state index in [-0.39, 0.29) is 0 Å². The van der Waals surface area contributed by atoms with Gasteiger partial charge in [-0.05, 0) is 30.5 Å². The molecule has 1 rings (SSSR count). The van der Waals surface area contributed by atoms with Crippen molar-refractivity contribution in [3.63, 3.8) is 0 Å². The zero-order chi connectivity index (χ0) is 12.0. The van der Waals surface area contributed by atoms with E-state index in [1.807, 2.05) is 11.9 Å². The first kappa shape index (κ1) is 12.7. The molecule has 1 aromatic rings. The highest BCUT2D eigenvalue weighted by molar-refractivity contribution is 5.22. The molecular formula is C14H20N2. The average molecular weight is 216 g/mol. The summed E-state index contributed by atoms with van der Waals surface area (Å²) in [5, 5.41) is 8.57. The number of hydrogen-bond acceptors (Lipinski definition) is 2. The van der Waals surface area contributed by atoms with Crippen LogP contribution < -0.4 is 0 Å². The highest BCUT2D eigenvalue weighted by atomic mass is 15.1. The number of benzene rings is 1. The second-order valence-corrected chi connectivity index (χ2v) is 4.74. The van der Waals surface area contributed by atoms with E-state index in [0.29, 0.717) is 12.5 Å². The van der Waals surface area contributed by atoms with Gasteiger partial charge in [0.25, 0.3) is 0 Å². The zero-order valence-corrected chi connectivity index (χ0v) is 10.4. The molecule has 0 amide bonds. The minimum Gasteiger partial charge on any atom is -0.289 e. The fraction of sp³-hybridized carbons (Fsp3) is 0.500. The van der Waals surface area contributed by atoms with E-state index < -0.39 is 0 Å². The Morgan fingerprint density at radius 2 is 1.75 bits per heavy atom. The maximum atomic E-state index is 8.57. The van der Waals surface area contributed by atoms with Crippen LogP contribution in [0.1, 0.15) is 25.0 Å². The molecule has 16 heavy (non-hydrogen) atoms. The first-order chi connectivity index (χ1) is 7.61. The van der Waals surface area contributed by atoms with Gasteiger partial charge in [0.15, 0.2) is 0 Å². The van der Waals surface area contributed by atoms with Crippen LogP contribution in [0, 0.1) is 17.2 Å². The van der Waals surface area contributed by atoms with Crippen molar-refractivity contribution in [3.8, 4) is 6.07 Å². The van der Waals surface area contributed by atoms with Gasteiger partial charge in [0, 0.05) is 6.54 Å². The third-order valence-corrected chi connectivity index (χ3v) is 2.46. The summed E-state index contributed by atoms with van der Waals surface area (Å²) in [7, 11) is 1.96. The third-order valence-electron chi connectivity index (χ3n) is 2.46. The van der Waals surface area contributed by atoms with Crippen molar-refractivity contribution in [3.05, 3.63) is 35.4 Å². The third kappa shape index (κ3) is 4.46. The van der Waals surface area contributed by atoms with Gasteiger partial charge in [-0.2, -0.15) is 5.26 Å². The smallest absolute Gasteiger partial charge is 0.0866 e. The molecule has 2 nitrogen and oxygen atoms in total. The molecule has 0 fully saturated rings. The first-order valence-electron chi connectivity index (χ1n) is 5.75. The predicted molar refractivity (Wildman–Crippen MR) is 66.9 cm³/mol. The van der Waals surface area contributed by atoms with Crippen molar-refractivity contribution < 1.29 is 0 Å². The van der Waals surface area contributed by atoms with Crippen LogP contribution in [0.15, 0.2) is 24.3 Å². The summed E-state index contributed by atoms with van der Waals surface area (Å²) < 4.78 is 0. The van der Waals surface area contributed by atoms with Crippen LogP contribution >= 0.6 is 0 Å². The van der Waals surface area contributed by atoms with E-state index in [1.54, 1.807) is 0 Å². The molecule has 0 aliphatic carbocycles. The summed E-state index contributed by atoms with van der Waals surface area (Å²) in [6.07, 6.45) is 1.13. The van der Waals surface area contributed by atoms with Crippen LogP contribution in [0.4, 0.5) is 0 Å². The molecule has 0 saturated heterocycles. The predicted octanol–water partition coefficient (Wildman–Crippen LogP) is 2.84. The van der Waals surface area contributed by atoms with Gasteiger partial charge in [-0.1, -0.05) is 38.1 Å². The molecule has 86 valence electrons. The molecular weight excluding hydrogens is 196 g/mol. The first-order valence-corrected chi connectivity index (χ1v) is 5.75. The van der Waals surface area contributed by atoms with E-state index in [1.165, 1.54) is 11.1 Å². The summed E-state index contributed by atoms with van der Waals surface area (Å²) in [5.74, 6) is 0.701. The van der Waals surface area contributed by atoms with Crippen LogP contribution in [0.2, 0.25) is 0 Å². The molecule has 2 heteroatoms. The van der Waals surface area contributed by atoms with E-state index in [0.717, 1.165) is 13.0 Å². The number of nitriles is 1. The SMILES string of the molecule is CC(C)Cc1ccc(CN(C)CC#N)cc1. The Balaban J connectivity index is 2.55. The van der Waals surface area contributed by atoms with E-state index in [4.69, 9.17) is 5.26 Å². The van der Waals surface area contributed by atoms with Crippen LogP contribution in [0.3, 0.4) is 0 Å². The lowest BCUT2D eigenvalue weighted by Crippen LogP contribution is -2.17. The van der Waals surface area contributed by atoms with Gasteiger partial charge in [-0.15, -0.1) is 0 Å². The highest BCUT2D eigenvalue weighted by Crippen LogP contribution is 2.10. The van der Waals surface area contributed by atoms with Crippen molar-refractivity contribution >= 4 is 0 Å². The summed E-state index contributed by atoms with van der Waals surface area (Å²) in [6, 6.07) is 10.8. The molecule has 1 aromatic carbocycles. The van der Waals surface area contributed by atoms with Crippen molar-refractivity contribution in [2.45, 2.75) is 26.8 Å². The second kappa shape index (κ2) is 6.30. The summed E-state index contributed by atoms with van der Waals surface area (Å²) >= 11 is 0. The van der Waals surface area contributed by atoms with Crippen molar-refractivity contribution in [1.82, 2.24) is 4.90 Å². The lowest BCUT2D eigenvalue weighted by molar-refractivity contribution is 0.367. The maximum absolute atomic E-state index is 8.57. The molecule has 0 radical (unpaired) electrons. The second-order valence-electron chi connectivity index (χ2n) is 4.74. The van der Waals surface area contributed by atoms with Gasteiger partial charge in [0.1, 0.15) is 0 Å². The zero-order valence-electron chi connectivity index (χ0n) is 10.4. The van der Waals surface area contributed by atoms with Gasteiger partial charge in [-0.3, -0.25) is 4.90 Å². The fourth-order valence-corrected chi connectivity index (χ4v) is 1.74. The fourth-order valence-electron chi connectivity index (χ4n) is 1.74. The van der Waals surface area contributed by atoms with E-state index >= 15 is 0 Å². The summed E-state index contributed by atoms with van der Waals surface area (Å²) in [6.45, 7) is 5.78. The van der Waals surface area contributed by atoms with Gasteiger partial charge in [-0.25, -0.2) is 0 Å². The Kier molecular flexibility index (Phi) is 5.01. The molecule has 0 spiro atoms. The Morgan fingerprint density at radius 3 is 2.25 bits per heavy atom. The molecule has 0 aromatic heterocycles. The lowest BCUT2D eigenvalue weighted by atomic mass is 10.0. The largest absolute Gasteiger partial charge is 0.289 e. The normalized spacial score (nSPS) is 10.8. The molecule has 0 heterocycles. The number of rotatable bonds is 5. The lowest BCUT2D eigenvalue weighted by Gasteiger charge is -2.13. The standard InChI is InChI=1S/C14H20N2/c1-12(2)10-13-4-6-14(7-5-13)11-16(3)9-8-15/h4-7,12H,9-11H2,1-3H3. The minimum absolute atomic E-state index is 0.480. The van der Waals surface area contributed by atoms with Crippen LogP contribution in [-0.2, 0) is 13.0 Å². The molecule has 0 unspecified atom stereocenters. The summed E-state index contributed by atoms with van der Waals surface area (Å²) in [4.78, 5) is 2.01. The molecule has 0 saturated carbocycles. The quantitative estimate of drug-likeness (QED) is 0.708. The number of nitrogens with zero attached hydrogens (tertiary/aromatic N) is 2. The molecule has 0 aliphatic heterocycles. The van der Waals surface area contributed by atoms with Gasteiger partial charge in [0.2, 0.25) is 0 Å². The van der Waals surface area contributed by atoms with Crippen LogP contribution in [-0.4, -0.2) is 18.5 Å². The molecule has 0 bridgehead atoms. The number of hydrogen-bond donors (Lipinski definition) is 0. The van der Waals surface area contributed by atoms with Gasteiger partial charge in [0.05, 0.1) is 12.6 Å². The van der Waals surface area contributed by atoms with Crippen molar-refractivity contribution in [2.24, 2.45) is 5.92 Å². The Hall–Kier alpha value is -1.33. The van der Waals surface area contributed by atoms with Gasteiger partial charge < -0.3 is 0 Å². The summed E-state index contributed by atoms with van der Waals surface area (Å²) in [5.41, 5.74) is 2.66. The molecule has 0 aliphatic rings. The maximum Gasteiger partial charge on any atom is 0.0866 e. The Labute approximate surface area is 98.5 Å². The minimum atomic E-state index is 0.480. The average Bonchev–Trinajstić information content (AvgIpc) is 2.20. The molecule has 0 atom stereocenters. The molecule has 0 N–H and O–H groups in total.